The molecule has 9 nitrogen and oxygen atoms in total. The summed E-state index contributed by atoms with van der Waals surface area (Å²) in [4.78, 5) is 15.3. The van der Waals surface area contributed by atoms with Gasteiger partial charge in [-0.15, -0.1) is 0 Å². The number of nitrogens with one attached hydrogen (secondary N) is 1. The summed E-state index contributed by atoms with van der Waals surface area (Å²) in [7, 11) is 3.41. The quantitative estimate of drug-likeness (QED) is 0.413. The van der Waals surface area contributed by atoms with E-state index in [1.807, 2.05) is 37.3 Å². The van der Waals surface area contributed by atoms with Gasteiger partial charge in [0.25, 0.3) is 5.91 Å². The molecular formula is C29H34N4O5. The molecule has 9 heteroatoms. The molecular weight excluding hydrogens is 484 g/mol. The molecule has 1 amide bonds. The fourth-order valence-corrected chi connectivity index (χ4v) is 3.97. The first-order chi connectivity index (χ1) is 18.5. The van der Waals surface area contributed by atoms with Crippen molar-refractivity contribution in [1.82, 2.24) is 14.7 Å². The van der Waals surface area contributed by atoms with Crippen LogP contribution in [0.5, 0.6) is 11.5 Å². The van der Waals surface area contributed by atoms with E-state index < -0.39 is 0 Å². The van der Waals surface area contributed by atoms with Crippen molar-refractivity contribution in [3.05, 3.63) is 71.4 Å². The van der Waals surface area contributed by atoms with Crippen LogP contribution in [0.15, 0.2) is 54.7 Å². The molecule has 4 rings (SSSR count). The number of aromatic nitrogens is 2. The van der Waals surface area contributed by atoms with Gasteiger partial charge in [-0.25, -0.2) is 0 Å². The minimum atomic E-state index is -0.299. The minimum Gasteiger partial charge on any atom is -0.492 e. The van der Waals surface area contributed by atoms with Crippen LogP contribution in [-0.4, -0.2) is 79.9 Å². The monoisotopic (exact) mass is 518 g/mol. The number of hydrogen-bond acceptors (Lipinski definition) is 7. The molecule has 0 saturated carbocycles. The van der Waals surface area contributed by atoms with Gasteiger partial charge in [0.15, 0.2) is 5.82 Å². The maximum absolute atomic E-state index is 13.0. The lowest BCUT2D eigenvalue weighted by Gasteiger charge is -2.26. The van der Waals surface area contributed by atoms with Crippen LogP contribution >= 0.6 is 0 Å². The summed E-state index contributed by atoms with van der Waals surface area (Å²) >= 11 is 0. The predicted molar refractivity (Wildman–Crippen MR) is 145 cm³/mol. The summed E-state index contributed by atoms with van der Waals surface area (Å²) in [6.07, 6.45) is 1.57. The van der Waals surface area contributed by atoms with Gasteiger partial charge in [-0.05, 0) is 43.3 Å². The number of morpholine rings is 1. The van der Waals surface area contributed by atoms with Crippen LogP contribution in [0, 0.1) is 11.8 Å². The highest BCUT2D eigenvalue weighted by Gasteiger charge is 2.13. The summed E-state index contributed by atoms with van der Waals surface area (Å²) in [5.74, 6) is 7.82. The summed E-state index contributed by atoms with van der Waals surface area (Å²) in [5, 5.41) is 7.02. The summed E-state index contributed by atoms with van der Waals surface area (Å²) in [5.41, 5.74) is 1.88. The van der Waals surface area contributed by atoms with Gasteiger partial charge in [-0.1, -0.05) is 17.9 Å². The molecule has 1 N–H and O–H groups in total. The fourth-order valence-electron chi connectivity index (χ4n) is 3.97. The van der Waals surface area contributed by atoms with Crippen molar-refractivity contribution in [2.24, 2.45) is 7.05 Å². The highest BCUT2D eigenvalue weighted by molar-refractivity contribution is 6.04. The van der Waals surface area contributed by atoms with Crippen molar-refractivity contribution in [1.29, 1.82) is 0 Å². The van der Waals surface area contributed by atoms with Gasteiger partial charge < -0.3 is 24.3 Å². The predicted octanol–water partition coefficient (Wildman–Crippen LogP) is 3.20. The van der Waals surface area contributed by atoms with Crippen molar-refractivity contribution in [3.63, 3.8) is 0 Å². The van der Waals surface area contributed by atoms with E-state index in [9.17, 15) is 4.79 Å². The van der Waals surface area contributed by atoms with Crippen LogP contribution in [-0.2, 0) is 16.5 Å². The minimum absolute atomic E-state index is 0.193. The lowest BCUT2D eigenvalue weighted by atomic mass is 10.1. The Morgan fingerprint density at radius 1 is 1.11 bits per heavy atom. The lowest BCUT2D eigenvalue weighted by Crippen LogP contribution is -2.38. The molecule has 0 unspecified atom stereocenters. The SMILES string of the molecule is COC[C@H](C)Oc1cc(C#Cc2cccc(OCCN3CCOCC3)c2)cc(C(=O)Nc2ccn(C)n2)c1. The molecule has 1 aliphatic rings. The van der Waals surface area contributed by atoms with Crippen LogP contribution in [0.25, 0.3) is 0 Å². The maximum atomic E-state index is 13.0. The molecule has 1 saturated heterocycles. The molecule has 1 aromatic heterocycles. The Balaban J connectivity index is 1.48. The van der Waals surface area contributed by atoms with Gasteiger partial charge in [0.05, 0.1) is 19.8 Å². The number of hydrogen-bond donors (Lipinski definition) is 1. The molecule has 38 heavy (non-hydrogen) atoms. The van der Waals surface area contributed by atoms with Crippen LogP contribution in [0.1, 0.15) is 28.4 Å². The Morgan fingerprint density at radius 2 is 1.89 bits per heavy atom. The van der Waals surface area contributed by atoms with Gasteiger partial charge in [-0.2, -0.15) is 5.10 Å². The maximum Gasteiger partial charge on any atom is 0.257 e. The molecule has 1 atom stereocenters. The third kappa shape index (κ3) is 8.35. The summed E-state index contributed by atoms with van der Waals surface area (Å²) in [6.45, 7) is 7.20. The molecule has 0 bridgehead atoms. The zero-order valence-corrected chi connectivity index (χ0v) is 22.1. The number of nitrogens with zero attached hydrogens (tertiary/aromatic N) is 3. The van der Waals surface area contributed by atoms with Crippen LogP contribution < -0.4 is 14.8 Å². The standard InChI is InChI=1S/C29H34N4O5/c1-22(21-35-3)38-27-19-24(17-25(20-27)29(34)30-28-9-10-32(2)31-28)8-7-23-5-4-6-26(18-23)37-16-13-33-11-14-36-15-12-33/h4-6,9-10,17-20,22H,11-16,21H2,1-3H3,(H,30,31,34)/t22-/m0/s1. The third-order valence-corrected chi connectivity index (χ3v) is 5.83. The zero-order valence-electron chi connectivity index (χ0n) is 22.1. The van der Waals surface area contributed by atoms with Gasteiger partial charge in [0, 0.05) is 62.7 Å². The normalized spacial score (nSPS) is 14.3. The van der Waals surface area contributed by atoms with E-state index in [1.165, 1.54) is 0 Å². The number of benzene rings is 2. The molecule has 0 spiro atoms. The first-order valence-corrected chi connectivity index (χ1v) is 12.6. The second kappa shape index (κ2) is 13.6. The molecule has 1 aliphatic heterocycles. The molecule has 2 heterocycles. The highest BCUT2D eigenvalue weighted by Crippen LogP contribution is 2.20. The van der Waals surface area contributed by atoms with Gasteiger partial charge >= 0.3 is 0 Å². The molecule has 0 aliphatic carbocycles. The van der Waals surface area contributed by atoms with E-state index in [0.29, 0.717) is 35.9 Å². The van der Waals surface area contributed by atoms with E-state index in [-0.39, 0.29) is 12.0 Å². The third-order valence-electron chi connectivity index (χ3n) is 5.83. The largest absolute Gasteiger partial charge is 0.492 e. The molecule has 2 aromatic carbocycles. The van der Waals surface area contributed by atoms with Crippen LogP contribution in [0.3, 0.4) is 0 Å². The van der Waals surface area contributed by atoms with Crippen molar-refractivity contribution >= 4 is 11.7 Å². The summed E-state index contributed by atoms with van der Waals surface area (Å²) in [6, 6.07) is 14.7. The number of carbonyl (C=O) groups is 1. The number of anilines is 1. The molecule has 0 radical (unpaired) electrons. The van der Waals surface area contributed by atoms with Crippen molar-refractivity contribution in [2.45, 2.75) is 13.0 Å². The second-order valence-corrected chi connectivity index (χ2v) is 9.04. The Bertz CT molecular complexity index is 1270. The average Bonchev–Trinajstić information content (AvgIpc) is 3.32. The van der Waals surface area contributed by atoms with Crippen molar-refractivity contribution < 1.29 is 23.7 Å². The number of ether oxygens (including phenoxy) is 4. The first-order valence-electron chi connectivity index (χ1n) is 12.6. The van der Waals surface area contributed by atoms with E-state index in [1.54, 1.807) is 43.2 Å². The number of rotatable bonds is 10. The molecule has 3 aromatic rings. The van der Waals surface area contributed by atoms with E-state index >= 15 is 0 Å². The lowest BCUT2D eigenvalue weighted by molar-refractivity contribution is 0.0322. The van der Waals surface area contributed by atoms with Gasteiger partial charge in [0.1, 0.15) is 24.2 Å². The van der Waals surface area contributed by atoms with Gasteiger partial charge in [0.2, 0.25) is 0 Å². The van der Waals surface area contributed by atoms with E-state index in [0.717, 1.165) is 44.2 Å². The van der Waals surface area contributed by atoms with E-state index in [2.05, 4.69) is 27.2 Å². The Labute approximate surface area is 223 Å². The summed E-state index contributed by atoms with van der Waals surface area (Å²) < 4.78 is 24.1. The Kier molecular flexibility index (Phi) is 9.76. The highest BCUT2D eigenvalue weighted by atomic mass is 16.5. The zero-order chi connectivity index (χ0) is 26.7. The van der Waals surface area contributed by atoms with E-state index in [4.69, 9.17) is 18.9 Å². The second-order valence-electron chi connectivity index (χ2n) is 9.04. The van der Waals surface area contributed by atoms with Crippen molar-refractivity contribution in [2.75, 3.05) is 58.5 Å². The smallest absolute Gasteiger partial charge is 0.257 e. The first kappa shape index (κ1) is 27.2. The molecule has 1 fully saturated rings. The van der Waals surface area contributed by atoms with Gasteiger partial charge in [-0.3, -0.25) is 14.4 Å². The fraction of sp³-hybridized carbons (Fsp3) is 0.379. The average molecular weight is 519 g/mol. The van der Waals surface area contributed by atoms with Crippen molar-refractivity contribution in [3.8, 4) is 23.3 Å². The Hall–Kier alpha value is -3.84. The van der Waals surface area contributed by atoms with Crippen LogP contribution in [0.2, 0.25) is 0 Å². The molecule has 200 valence electrons. The van der Waals surface area contributed by atoms with Crippen LogP contribution in [0.4, 0.5) is 5.82 Å². The number of aryl methyl sites for hydroxylation is 1. The number of methoxy groups -OCH3 is 1. The number of carbonyl (C=O) groups excluding carboxylic acids is 1. The topological polar surface area (TPSA) is 87.1 Å². The Morgan fingerprint density at radius 3 is 2.66 bits per heavy atom. The number of amides is 1.